The monoisotopic (exact) mass is 539 g/mol. The van der Waals surface area contributed by atoms with Gasteiger partial charge in [0.2, 0.25) is 11.8 Å². The molecule has 1 aliphatic rings. The molecule has 2 aromatic carbocycles. The van der Waals surface area contributed by atoms with Crippen molar-refractivity contribution in [2.75, 3.05) is 38.5 Å². The van der Waals surface area contributed by atoms with Gasteiger partial charge in [-0.2, -0.15) is 0 Å². The van der Waals surface area contributed by atoms with Gasteiger partial charge in [-0.3, -0.25) is 9.59 Å². The summed E-state index contributed by atoms with van der Waals surface area (Å²) in [6.45, 7) is 6.30. The van der Waals surface area contributed by atoms with E-state index in [1.807, 2.05) is 48.7 Å². The zero-order valence-electron chi connectivity index (χ0n) is 21.3. The highest BCUT2D eigenvalue weighted by Gasteiger charge is 2.24. The third kappa shape index (κ3) is 8.42. The van der Waals surface area contributed by atoms with Crippen molar-refractivity contribution in [3.8, 4) is 0 Å². The molecule has 0 bridgehead atoms. The van der Waals surface area contributed by atoms with Crippen molar-refractivity contribution in [1.82, 2.24) is 14.7 Å². The molecule has 196 valence electrons. The molecule has 1 aliphatic heterocycles. The van der Waals surface area contributed by atoms with Crippen LogP contribution in [-0.2, 0) is 22.7 Å². The lowest BCUT2D eigenvalue weighted by molar-refractivity contribution is -0.140. The first-order valence-corrected chi connectivity index (χ1v) is 14.6. The first-order chi connectivity index (χ1) is 18.0. The summed E-state index contributed by atoms with van der Waals surface area (Å²) in [6, 6.07) is 18.2. The third-order valence-electron chi connectivity index (χ3n) is 6.61. The number of thioether (sulfide) groups is 1. The summed E-state index contributed by atoms with van der Waals surface area (Å²) in [5, 5.41) is 2.03. The number of amides is 2. The van der Waals surface area contributed by atoms with Crippen LogP contribution in [0.5, 0.6) is 0 Å². The predicted molar refractivity (Wildman–Crippen MR) is 149 cm³/mol. The van der Waals surface area contributed by atoms with Crippen molar-refractivity contribution in [2.45, 2.75) is 37.8 Å². The zero-order chi connectivity index (χ0) is 26.0. The van der Waals surface area contributed by atoms with Crippen LogP contribution in [0.1, 0.15) is 28.8 Å². The molecule has 1 saturated heterocycles. The van der Waals surface area contributed by atoms with Gasteiger partial charge in [-0.05, 0) is 79.7 Å². The van der Waals surface area contributed by atoms with Crippen LogP contribution in [-0.4, -0.2) is 65.0 Å². The average Bonchev–Trinajstić information content (AvgIpc) is 3.58. The summed E-state index contributed by atoms with van der Waals surface area (Å²) in [4.78, 5) is 35.0. The molecule has 0 saturated carbocycles. The normalized spacial score (nSPS) is 13.6. The molecule has 0 unspecified atom stereocenters. The van der Waals surface area contributed by atoms with Crippen molar-refractivity contribution >= 4 is 34.9 Å². The lowest BCUT2D eigenvalue weighted by Gasteiger charge is -2.29. The number of rotatable bonds is 12. The van der Waals surface area contributed by atoms with E-state index in [0.717, 1.165) is 40.5 Å². The van der Waals surface area contributed by atoms with Crippen LogP contribution < -0.4 is 0 Å². The molecule has 5 nitrogen and oxygen atoms in total. The minimum absolute atomic E-state index is 0.0320. The number of hydrogen-bond acceptors (Lipinski definition) is 5. The number of halogens is 1. The summed E-state index contributed by atoms with van der Waals surface area (Å²) in [7, 11) is 0. The van der Waals surface area contributed by atoms with E-state index in [1.165, 1.54) is 36.7 Å². The van der Waals surface area contributed by atoms with Crippen LogP contribution in [0.4, 0.5) is 4.39 Å². The van der Waals surface area contributed by atoms with Crippen molar-refractivity contribution < 1.29 is 14.0 Å². The molecule has 1 fully saturated rings. The fourth-order valence-electron chi connectivity index (χ4n) is 4.36. The Morgan fingerprint density at radius 1 is 0.946 bits per heavy atom. The van der Waals surface area contributed by atoms with E-state index in [4.69, 9.17) is 0 Å². The Bertz CT molecular complexity index is 1150. The van der Waals surface area contributed by atoms with Gasteiger partial charge in [-0.15, -0.1) is 23.1 Å². The number of aryl methyl sites for hydroxylation is 1. The quantitative estimate of drug-likeness (QED) is 0.288. The van der Waals surface area contributed by atoms with E-state index in [-0.39, 0.29) is 24.2 Å². The van der Waals surface area contributed by atoms with E-state index in [1.54, 1.807) is 33.3 Å². The molecule has 1 aromatic heterocycles. The van der Waals surface area contributed by atoms with Crippen LogP contribution >= 0.6 is 23.1 Å². The number of hydrogen-bond donors (Lipinski definition) is 0. The number of carbonyl (C=O) groups is 2. The van der Waals surface area contributed by atoms with Crippen molar-refractivity contribution in [1.29, 1.82) is 0 Å². The number of thiophene rings is 1. The van der Waals surface area contributed by atoms with Crippen LogP contribution in [0.15, 0.2) is 70.9 Å². The first-order valence-electron chi connectivity index (χ1n) is 12.7. The Morgan fingerprint density at radius 3 is 2.35 bits per heavy atom. The highest BCUT2D eigenvalue weighted by atomic mass is 32.2. The van der Waals surface area contributed by atoms with Gasteiger partial charge in [-0.1, -0.05) is 30.3 Å². The lowest BCUT2D eigenvalue weighted by atomic mass is 10.2. The maximum atomic E-state index is 13.7. The highest BCUT2D eigenvalue weighted by Crippen LogP contribution is 2.21. The Morgan fingerprint density at radius 2 is 1.68 bits per heavy atom. The zero-order valence-corrected chi connectivity index (χ0v) is 22.9. The van der Waals surface area contributed by atoms with Gasteiger partial charge in [0.1, 0.15) is 5.82 Å². The van der Waals surface area contributed by atoms with Crippen LogP contribution in [0, 0.1) is 12.7 Å². The van der Waals surface area contributed by atoms with Gasteiger partial charge in [0.25, 0.3) is 0 Å². The van der Waals surface area contributed by atoms with E-state index in [0.29, 0.717) is 25.4 Å². The summed E-state index contributed by atoms with van der Waals surface area (Å²) in [5.41, 5.74) is 2.00. The molecule has 0 N–H and O–H groups in total. The Hall–Kier alpha value is -2.68. The second-order valence-electron chi connectivity index (χ2n) is 9.37. The van der Waals surface area contributed by atoms with Crippen LogP contribution in [0.25, 0.3) is 0 Å². The van der Waals surface area contributed by atoms with Crippen LogP contribution in [0.3, 0.4) is 0 Å². The number of likely N-dealkylation sites (tertiary alicyclic amines) is 1. The molecule has 0 radical (unpaired) electrons. The Labute approximate surface area is 227 Å². The first kappa shape index (κ1) is 27.4. The van der Waals surface area contributed by atoms with E-state index in [2.05, 4.69) is 4.90 Å². The van der Waals surface area contributed by atoms with Gasteiger partial charge in [-0.25, -0.2) is 4.39 Å². The van der Waals surface area contributed by atoms with Crippen molar-refractivity contribution in [2.24, 2.45) is 0 Å². The molecule has 2 amide bonds. The molecule has 0 spiro atoms. The summed E-state index contributed by atoms with van der Waals surface area (Å²) < 4.78 is 13.5. The molecule has 0 atom stereocenters. The molecule has 2 heterocycles. The molecule has 0 aliphatic carbocycles. The van der Waals surface area contributed by atoms with Gasteiger partial charge in [0.05, 0.1) is 18.8 Å². The minimum Gasteiger partial charge on any atom is -0.332 e. The average molecular weight is 540 g/mol. The van der Waals surface area contributed by atoms with E-state index < -0.39 is 0 Å². The number of nitrogens with zero attached hydrogens (tertiary/aromatic N) is 3. The maximum Gasteiger partial charge on any atom is 0.242 e. The van der Waals surface area contributed by atoms with Gasteiger partial charge >= 0.3 is 0 Å². The van der Waals surface area contributed by atoms with E-state index in [9.17, 15) is 14.0 Å². The molecule has 37 heavy (non-hydrogen) atoms. The summed E-state index contributed by atoms with van der Waals surface area (Å²) in [6.07, 6.45) is 2.37. The molecule has 4 rings (SSSR count). The van der Waals surface area contributed by atoms with Crippen molar-refractivity contribution in [3.63, 3.8) is 0 Å². The molecular formula is C29H34FN3O2S2. The van der Waals surface area contributed by atoms with Crippen LogP contribution in [0.2, 0.25) is 0 Å². The predicted octanol–water partition coefficient (Wildman–Crippen LogP) is 5.44. The Balaban J connectivity index is 1.47. The lowest BCUT2D eigenvalue weighted by Crippen LogP contribution is -2.45. The SMILES string of the molecule is Cc1ccsc1CN(Cc1ccc(F)cc1)C(=O)CN(CCN1CCCC1)C(=O)CSc1ccccc1. The second-order valence-corrected chi connectivity index (χ2v) is 11.4. The van der Waals surface area contributed by atoms with E-state index >= 15 is 0 Å². The van der Waals surface area contributed by atoms with Crippen molar-refractivity contribution in [3.05, 3.63) is 87.9 Å². The smallest absolute Gasteiger partial charge is 0.242 e. The fourth-order valence-corrected chi connectivity index (χ4v) is 6.10. The molecular weight excluding hydrogens is 505 g/mol. The summed E-state index contributed by atoms with van der Waals surface area (Å²) in [5.74, 6) is -0.142. The highest BCUT2D eigenvalue weighted by molar-refractivity contribution is 8.00. The second kappa shape index (κ2) is 13.7. The molecule has 3 aromatic rings. The third-order valence-corrected chi connectivity index (χ3v) is 8.62. The van der Waals surface area contributed by atoms with Gasteiger partial charge in [0, 0.05) is 29.4 Å². The minimum atomic E-state index is -0.301. The standard InChI is InChI=1S/C29H34FN3O2S2/c1-23-13-18-36-27(23)20-33(19-24-9-11-25(30)12-10-24)28(34)21-32(17-16-31-14-5-6-15-31)29(35)22-37-26-7-3-2-4-8-26/h2-4,7-13,18H,5-6,14-17,19-22H2,1H3. The van der Waals surface area contributed by atoms with Gasteiger partial charge < -0.3 is 14.7 Å². The maximum absolute atomic E-state index is 13.7. The molecule has 8 heteroatoms. The topological polar surface area (TPSA) is 43.9 Å². The fraction of sp³-hybridized carbons (Fsp3) is 0.379. The number of benzene rings is 2. The largest absolute Gasteiger partial charge is 0.332 e. The van der Waals surface area contributed by atoms with Gasteiger partial charge in [0.15, 0.2) is 0 Å². The Kier molecular flexibility index (Phi) is 10.2. The number of carbonyl (C=O) groups excluding carboxylic acids is 2. The summed E-state index contributed by atoms with van der Waals surface area (Å²) >= 11 is 3.12.